The van der Waals surface area contributed by atoms with Crippen molar-refractivity contribution >= 4 is 110 Å². The minimum absolute atomic E-state index is 0.0148. The highest BCUT2D eigenvalue weighted by Crippen LogP contribution is 2.38. The average molecular weight is 1390 g/mol. The van der Waals surface area contributed by atoms with Crippen LogP contribution in [0, 0.1) is 11.6 Å². The first kappa shape index (κ1) is 70.8. The molecule has 2 heterocycles. The number of carbonyl (C=O) groups excluding carboxylic acids is 4. The largest absolute Gasteiger partial charge is 0.492 e. The number of carbonyl (C=O) groups is 4. The Balaban J connectivity index is 0.000000219. The van der Waals surface area contributed by atoms with Gasteiger partial charge in [0.15, 0.2) is 11.6 Å². The highest BCUT2D eigenvalue weighted by Gasteiger charge is 2.42. The summed E-state index contributed by atoms with van der Waals surface area (Å²) in [6.45, 7) is 9.17. The van der Waals surface area contributed by atoms with Gasteiger partial charge in [-0.1, -0.05) is 184 Å². The maximum Gasteiger partial charge on any atom is 0.326 e. The van der Waals surface area contributed by atoms with Gasteiger partial charge in [-0.15, -0.1) is 0 Å². The van der Waals surface area contributed by atoms with E-state index in [1.54, 1.807) is 29.2 Å². The van der Waals surface area contributed by atoms with E-state index in [4.69, 9.17) is 88.6 Å². The van der Waals surface area contributed by atoms with E-state index >= 15 is 0 Å². The Morgan fingerprint density at radius 2 is 0.968 bits per heavy atom. The van der Waals surface area contributed by atoms with Crippen LogP contribution in [0.1, 0.15) is 60.0 Å². The second-order valence-corrected chi connectivity index (χ2v) is 27.9. The molecular weight excluding hydrogens is 1320 g/mol. The number of para-hydroxylation sites is 1. The third-order valence-corrected chi connectivity index (χ3v) is 17.4. The smallest absolute Gasteiger partial charge is 0.326 e. The Hall–Kier alpha value is -6.48. The van der Waals surface area contributed by atoms with Gasteiger partial charge in [0, 0.05) is 87.1 Å². The lowest BCUT2D eigenvalue weighted by Gasteiger charge is -2.38. The number of halogens is 8. The number of benzene rings is 6. The lowest BCUT2D eigenvalue weighted by Crippen LogP contribution is -2.53. The van der Waals surface area contributed by atoms with Gasteiger partial charge in [-0.2, -0.15) is 0 Å². The summed E-state index contributed by atoms with van der Waals surface area (Å²) >= 11 is 35.9. The zero-order valence-corrected chi connectivity index (χ0v) is 55.8. The molecule has 10 rings (SSSR count). The maximum absolute atomic E-state index is 14.3. The summed E-state index contributed by atoms with van der Waals surface area (Å²) in [5.74, 6) is -2.91. The number of hydrogen-bond donors (Lipinski definition) is 3. The fraction of sp³-hybridized carbons (Fsp3) is 0.371. The summed E-state index contributed by atoms with van der Waals surface area (Å²) in [5.41, 5.74) is 3.97. The van der Waals surface area contributed by atoms with Gasteiger partial charge in [0.1, 0.15) is 24.7 Å². The van der Waals surface area contributed by atoms with Crippen molar-refractivity contribution < 1.29 is 46.9 Å². The highest BCUT2D eigenvalue weighted by molar-refractivity contribution is 6.76. The normalized spacial score (nSPS) is 18.7. The number of ether oxygens (including phenoxy) is 4. The number of rotatable bonds is 22. The third kappa shape index (κ3) is 21.5. The summed E-state index contributed by atoms with van der Waals surface area (Å²) in [5, 5.41) is 9.02. The number of amides is 5. The topological polar surface area (TPSA) is 154 Å². The van der Waals surface area contributed by atoms with Crippen LogP contribution in [0.3, 0.4) is 0 Å². The summed E-state index contributed by atoms with van der Waals surface area (Å²) in [6.07, 6.45) is 8.95. The molecule has 6 aromatic carbocycles. The molecule has 23 heteroatoms. The van der Waals surface area contributed by atoms with Crippen molar-refractivity contribution in [1.29, 1.82) is 0 Å². The second kappa shape index (κ2) is 33.8. The molecular formula is C70H75Cl6F2N7O8. The van der Waals surface area contributed by atoms with Crippen LogP contribution in [0.15, 0.2) is 181 Å². The first-order valence-electron chi connectivity index (χ1n) is 30.9. The zero-order valence-electron chi connectivity index (χ0n) is 51.3. The second-order valence-electron chi connectivity index (χ2n) is 23.4. The van der Waals surface area contributed by atoms with Gasteiger partial charge in [0.2, 0.25) is 0 Å². The standard InChI is InChI=1S/C35H36Cl3F2N3O4.C35H39Cl3N4O4/c36-35(37,38)33(45)41-34(22-25-6-2-1-3-7-25)13-5-8-26(23-34)24-43(32(44)27-11-12-30(39)31(40)20-27)28-9-4-10-29(21-28)47-19-16-42-14-17-46-18-15-42;36-35(37,38)32(43)40-34(24-27-9-3-1-4-10-27)16-8-11-28(25-34)26-42(33(44)39-29-12-5-2-6-13-29)30-14-7-15-31(23-30)46-22-19-41-17-20-45-21-18-41/h1-4,6-7,9-12,20-21,23H,5,8,13-19,22,24H2,(H,41,45);1-7,9-10,12-15,23,25H,8,11,16-22,24,26H2,(H,39,44)(H,40,43). The average Bonchev–Trinajstić information content (AvgIpc) is 0.893. The fourth-order valence-corrected chi connectivity index (χ4v) is 12.1. The van der Waals surface area contributed by atoms with Crippen molar-refractivity contribution in [2.75, 3.05) is 107 Å². The Labute approximate surface area is 572 Å². The van der Waals surface area contributed by atoms with E-state index in [9.17, 15) is 28.0 Å². The number of morpholine rings is 2. The molecule has 0 spiro atoms. The predicted octanol–water partition coefficient (Wildman–Crippen LogP) is 13.9. The van der Waals surface area contributed by atoms with Gasteiger partial charge in [-0.3, -0.25) is 29.1 Å². The molecule has 0 saturated carbocycles. The van der Waals surface area contributed by atoms with Crippen molar-refractivity contribution in [3.05, 3.63) is 209 Å². The summed E-state index contributed by atoms with van der Waals surface area (Å²) in [6, 6.07) is 46.3. The fourth-order valence-electron chi connectivity index (χ4n) is 11.8. The number of nitrogens with one attached hydrogen (secondary N) is 3. The van der Waals surface area contributed by atoms with Gasteiger partial charge in [-0.05, 0) is 117 Å². The van der Waals surface area contributed by atoms with Crippen molar-refractivity contribution in [2.24, 2.45) is 0 Å². The minimum atomic E-state index is -2.17. The molecule has 494 valence electrons. The van der Waals surface area contributed by atoms with Gasteiger partial charge in [0.25, 0.3) is 25.3 Å². The Bertz CT molecular complexity index is 3520. The van der Waals surface area contributed by atoms with Crippen molar-refractivity contribution in [2.45, 2.75) is 70.0 Å². The van der Waals surface area contributed by atoms with Crippen molar-refractivity contribution in [3.8, 4) is 11.5 Å². The molecule has 2 saturated heterocycles. The molecule has 0 aromatic heterocycles. The van der Waals surface area contributed by atoms with E-state index in [-0.39, 0.29) is 24.7 Å². The lowest BCUT2D eigenvalue weighted by atomic mass is 9.79. The van der Waals surface area contributed by atoms with Gasteiger partial charge in [-0.25, -0.2) is 13.6 Å². The summed E-state index contributed by atoms with van der Waals surface area (Å²) in [7, 11) is 0. The molecule has 2 atom stereocenters. The van der Waals surface area contributed by atoms with Crippen LogP contribution in [0.4, 0.5) is 30.6 Å². The van der Waals surface area contributed by atoms with Crippen molar-refractivity contribution in [1.82, 2.24) is 20.4 Å². The first-order chi connectivity index (χ1) is 44.7. The molecule has 2 aliphatic heterocycles. The van der Waals surface area contributed by atoms with Crippen LogP contribution in [0.2, 0.25) is 0 Å². The van der Waals surface area contributed by atoms with Gasteiger partial charge < -0.3 is 39.8 Å². The van der Waals surface area contributed by atoms with Crippen molar-refractivity contribution in [3.63, 3.8) is 0 Å². The number of nitrogens with zero attached hydrogens (tertiary/aromatic N) is 4. The van der Waals surface area contributed by atoms with E-state index in [2.05, 4.69) is 25.8 Å². The van der Waals surface area contributed by atoms with Crippen LogP contribution < -0.4 is 35.2 Å². The summed E-state index contributed by atoms with van der Waals surface area (Å²) < 4.78 is 46.8. The van der Waals surface area contributed by atoms with E-state index in [1.807, 2.05) is 127 Å². The monoisotopic (exact) mass is 1390 g/mol. The van der Waals surface area contributed by atoms with E-state index in [1.165, 1.54) is 11.0 Å². The Morgan fingerprint density at radius 3 is 1.42 bits per heavy atom. The summed E-state index contributed by atoms with van der Waals surface area (Å²) in [4.78, 5) is 61.6. The lowest BCUT2D eigenvalue weighted by molar-refractivity contribution is -0.122. The van der Waals surface area contributed by atoms with Crippen LogP contribution >= 0.6 is 69.6 Å². The molecule has 0 bridgehead atoms. The van der Waals surface area contributed by atoms with Crippen LogP contribution in [0.25, 0.3) is 0 Å². The third-order valence-electron chi connectivity index (χ3n) is 16.4. The molecule has 2 fully saturated rings. The number of alkyl halides is 6. The predicted molar refractivity (Wildman–Crippen MR) is 366 cm³/mol. The highest BCUT2D eigenvalue weighted by atomic mass is 35.6. The molecule has 2 unspecified atom stereocenters. The molecule has 5 amide bonds. The van der Waals surface area contributed by atoms with Crippen LogP contribution in [0.5, 0.6) is 11.5 Å². The number of hydrogen-bond acceptors (Lipinski definition) is 10. The maximum atomic E-state index is 14.3. The Kier molecular flexibility index (Phi) is 25.7. The molecule has 15 nitrogen and oxygen atoms in total. The molecule has 2 aliphatic carbocycles. The van der Waals surface area contributed by atoms with Crippen LogP contribution in [-0.2, 0) is 31.9 Å². The molecule has 4 aliphatic rings. The minimum Gasteiger partial charge on any atom is -0.492 e. The Morgan fingerprint density at radius 1 is 0.527 bits per heavy atom. The van der Waals surface area contributed by atoms with E-state index in [0.29, 0.717) is 93.5 Å². The van der Waals surface area contributed by atoms with E-state index < -0.39 is 48.0 Å². The molecule has 93 heavy (non-hydrogen) atoms. The quantitative estimate of drug-likeness (QED) is 0.0442. The molecule has 3 N–H and O–H groups in total. The zero-order chi connectivity index (χ0) is 65.9. The first-order valence-corrected chi connectivity index (χ1v) is 33.2. The number of anilines is 3. The SMILES string of the molecule is O=C(Nc1ccccc1)N(CC1=CC(Cc2ccccc2)(NC(=O)C(Cl)(Cl)Cl)CCC1)c1cccc(OCCN2CCOCC2)c1.O=C(c1ccc(F)c(F)c1)N(CC1=CC(Cc2ccccc2)(NC(=O)C(Cl)(Cl)Cl)CCC1)c1cccc(OCCN2CCOCC2)c1. The molecule has 6 aromatic rings. The van der Waals surface area contributed by atoms with Gasteiger partial charge >= 0.3 is 6.03 Å². The van der Waals surface area contributed by atoms with Gasteiger partial charge in [0.05, 0.1) is 37.5 Å². The van der Waals surface area contributed by atoms with Crippen LogP contribution in [-0.4, -0.2) is 144 Å². The number of urea groups is 1. The van der Waals surface area contributed by atoms with E-state index in [0.717, 1.165) is 99.7 Å². The molecule has 0 radical (unpaired) electrons.